The van der Waals surface area contributed by atoms with Crippen molar-refractivity contribution in [3.8, 4) is 44.5 Å². The molecular formula is C51H47N5O11S2. The molecule has 16 nitrogen and oxygen atoms in total. The SMILES string of the molecule is CNC[C@H](O)[C@@H](O)[C@H](O)[C@H](O)CO.O=S(=O)(O)c1ccc(-c2c3nc(c(-c4ccc(S(=O)(=O)O)cc4)c4ccc([nH]4)c(-c4ccccc4)c4nc(c(-c5ccccc5)c5ccc2[nH]5)C=C4)C=C3)cc1. The minimum atomic E-state index is -4.44. The van der Waals surface area contributed by atoms with Gasteiger partial charge in [-0.3, -0.25) is 9.11 Å². The van der Waals surface area contributed by atoms with Crippen LogP contribution < -0.4 is 5.32 Å². The summed E-state index contributed by atoms with van der Waals surface area (Å²) in [5.74, 6) is 0. The van der Waals surface area contributed by atoms with Crippen molar-refractivity contribution in [2.24, 2.45) is 0 Å². The number of rotatable bonds is 12. The second-order valence-electron chi connectivity index (χ2n) is 16.1. The van der Waals surface area contributed by atoms with Gasteiger partial charge in [0.2, 0.25) is 0 Å². The van der Waals surface area contributed by atoms with Gasteiger partial charge in [0.05, 0.1) is 45.3 Å². The highest BCUT2D eigenvalue weighted by molar-refractivity contribution is 7.86. The molecule has 4 aromatic carbocycles. The number of fused-ring (bicyclic) bond motifs is 8. The highest BCUT2D eigenvalue weighted by Gasteiger charge is 2.29. The Morgan fingerprint density at radius 1 is 0.464 bits per heavy atom. The molecule has 0 saturated carbocycles. The molecule has 4 atom stereocenters. The lowest BCUT2D eigenvalue weighted by Crippen LogP contribution is -2.48. The Balaban J connectivity index is 0.000000434. The van der Waals surface area contributed by atoms with Crippen LogP contribution in [0, 0.1) is 0 Å². The predicted octanol–water partition coefficient (Wildman–Crippen LogP) is 6.46. The van der Waals surface area contributed by atoms with Gasteiger partial charge in [0.1, 0.15) is 18.3 Å². The minimum Gasteiger partial charge on any atom is -0.394 e. The van der Waals surface area contributed by atoms with Crippen LogP contribution in [0.1, 0.15) is 22.8 Å². The molecule has 2 aliphatic heterocycles. The molecule has 0 fully saturated rings. The Bertz CT molecular complexity index is 3240. The Hall–Kier alpha value is -6.94. The van der Waals surface area contributed by atoms with Gasteiger partial charge >= 0.3 is 0 Å². The van der Waals surface area contributed by atoms with E-state index < -0.39 is 51.3 Å². The highest BCUT2D eigenvalue weighted by Crippen LogP contribution is 2.38. The third-order valence-electron chi connectivity index (χ3n) is 11.5. The Morgan fingerprint density at radius 3 is 1.06 bits per heavy atom. The third-order valence-corrected chi connectivity index (χ3v) is 13.2. The van der Waals surface area contributed by atoms with Crippen molar-refractivity contribution in [3.63, 3.8) is 0 Å². The second kappa shape index (κ2) is 20.3. The van der Waals surface area contributed by atoms with E-state index in [1.54, 1.807) is 31.3 Å². The van der Waals surface area contributed by atoms with E-state index in [9.17, 15) is 31.0 Å². The smallest absolute Gasteiger partial charge is 0.294 e. The van der Waals surface area contributed by atoms with Crippen molar-refractivity contribution < 1.29 is 51.5 Å². The van der Waals surface area contributed by atoms with Gasteiger partial charge < -0.3 is 40.8 Å². The van der Waals surface area contributed by atoms with E-state index in [0.717, 1.165) is 44.7 Å². The topological polar surface area (TPSA) is 279 Å². The molecule has 8 bridgehead atoms. The zero-order chi connectivity index (χ0) is 49.0. The van der Waals surface area contributed by atoms with Crippen LogP contribution in [0.2, 0.25) is 0 Å². The van der Waals surface area contributed by atoms with Crippen molar-refractivity contribution in [3.05, 3.63) is 156 Å². The van der Waals surface area contributed by atoms with Crippen LogP contribution in [0.3, 0.4) is 0 Å². The van der Waals surface area contributed by atoms with Gasteiger partial charge in [0.25, 0.3) is 20.2 Å². The zero-order valence-corrected chi connectivity index (χ0v) is 38.3. The van der Waals surface area contributed by atoms with E-state index in [2.05, 4.69) is 15.3 Å². The molecule has 0 spiro atoms. The van der Waals surface area contributed by atoms with Gasteiger partial charge in [-0.25, -0.2) is 9.97 Å². The maximum absolute atomic E-state index is 12.0. The molecule has 0 aliphatic carbocycles. The van der Waals surface area contributed by atoms with Crippen LogP contribution >= 0.6 is 0 Å². The standard InChI is InChI=1S/C44H30N4O6S2.C7H17NO5/c49-55(50,51)31-15-11-29(12-16-31)43-37-23-21-35(46-37)41(27-7-3-1-4-8-27)33-19-20-34(45-33)42(28-9-5-2-6-10-28)36-22-24-38(47-36)44(40-26-25-39(43)48-40)30-13-17-32(18-14-30)56(52,53)54;1-8-2-4(10)6(12)7(13)5(11)3-9/h1-26,46-47H,(H,49,50,51)(H,52,53,54);4-13H,2-3H2,1H3/t;4-,5+,6+,7+/m.0/s1. The summed E-state index contributed by atoms with van der Waals surface area (Å²) in [5, 5.41) is 47.5. The van der Waals surface area contributed by atoms with Crippen LogP contribution in [-0.2, 0) is 20.2 Å². The predicted molar refractivity (Wildman–Crippen MR) is 265 cm³/mol. The highest BCUT2D eigenvalue weighted by atomic mass is 32.2. The lowest BCUT2D eigenvalue weighted by molar-refractivity contribution is -0.113. The van der Waals surface area contributed by atoms with Gasteiger partial charge in [-0.1, -0.05) is 84.9 Å². The fraction of sp³-hybridized carbons (Fsp3) is 0.137. The Labute approximate surface area is 396 Å². The molecule has 5 heterocycles. The minimum absolute atomic E-state index is 0.0936. The molecule has 0 radical (unpaired) electrons. The molecule has 9 rings (SSSR count). The summed E-state index contributed by atoms with van der Waals surface area (Å²) in [6.07, 6.45) is 2.08. The molecule has 0 amide bonds. The van der Waals surface area contributed by atoms with Crippen LogP contribution in [-0.4, -0.2) is 116 Å². The fourth-order valence-corrected chi connectivity index (χ4v) is 9.07. The average Bonchev–Trinajstić information content (AvgIpc) is 4.20. The molecule has 7 aromatic rings. The molecule has 0 unspecified atom stereocenters. The molecule has 2 aliphatic rings. The Kier molecular flexibility index (Phi) is 14.3. The quantitative estimate of drug-likeness (QED) is 0.0589. The maximum atomic E-state index is 12.0. The van der Waals surface area contributed by atoms with Gasteiger partial charge in [-0.05, 0) is 102 Å². The molecule has 69 heavy (non-hydrogen) atoms. The summed E-state index contributed by atoms with van der Waals surface area (Å²) in [6.45, 7) is -0.569. The number of nitrogens with zero attached hydrogens (tertiary/aromatic N) is 2. The van der Waals surface area contributed by atoms with Gasteiger partial charge in [0.15, 0.2) is 0 Å². The van der Waals surface area contributed by atoms with Crippen LogP contribution in [0.25, 0.3) is 90.9 Å². The number of hydrogen-bond acceptors (Lipinski definition) is 12. The van der Waals surface area contributed by atoms with Crippen LogP contribution in [0.4, 0.5) is 0 Å². The first-order chi connectivity index (χ1) is 33.0. The summed E-state index contributed by atoms with van der Waals surface area (Å²) >= 11 is 0. The van der Waals surface area contributed by atoms with Crippen molar-refractivity contribution in [1.29, 1.82) is 0 Å². The number of aromatic nitrogens is 4. The van der Waals surface area contributed by atoms with E-state index in [1.807, 2.05) is 109 Å². The molecule has 3 aromatic heterocycles. The lowest BCUT2D eigenvalue weighted by atomic mass is 10.0. The molecular weight excluding hydrogens is 923 g/mol. The lowest BCUT2D eigenvalue weighted by Gasteiger charge is -2.25. The number of aliphatic hydroxyl groups excluding tert-OH is 5. The van der Waals surface area contributed by atoms with Crippen molar-refractivity contribution in [2.45, 2.75) is 34.2 Å². The number of benzene rings is 4. The number of hydrogen-bond donors (Lipinski definition) is 10. The first-order valence-electron chi connectivity index (χ1n) is 21.5. The molecule has 0 saturated heterocycles. The molecule has 10 N–H and O–H groups in total. The number of likely N-dealkylation sites (N-methyl/N-ethyl adjacent to an activating group) is 1. The van der Waals surface area contributed by atoms with Crippen molar-refractivity contribution in [1.82, 2.24) is 25.3 Å². The summed E-state index contributed by atoms with van der Waals surface area (Å²) in [7, 11) is -7.30. The van der Waals surface area contributed by atoms with Gasteiger partial charge in [-0.2, -0.15) is 16.8 Å². The molecule has 18 heteroatoms. The number of H-pyrrole nitrogens is 2. The largest absolute Gasteiger partial charge is 0.394 e. The zero-order valence-electron chi connectivity index (χ0n) is 36.7. The van der Waals surface area contributed by atoms with E-state index in [1.165, 1.54) is 24.3 Å². The summed E-state index contributed by atoms with van der Waals surface area (Å²) in [4.78, 5) is 17.2. The van der Waals surface area contributed by atoms with E-state index in [-0.39, 0.29) is 16.3 Å². The first-order valence-corrected chi connectivity index (χ1v) is 24.3. The number of aromatic amines is 2. The van der Waals surface area contributed by atoms with Gasteiger partial charge in [0, 0.05) is 50.9 Å². The summed E-state index contributed by atoms with van der Waals surface area (Å²) in [5.41, 5.74) is 11.8. The summed E-state index contributed by atoms with van der Waals surface area (Å²) in [6, 6.07) is 39.7. The average molecular weight is 970 g/mol. The monoisotopic (exact) mass is 969 g/mol. The first kappa shape index (κ1) is 48.5. The number of aliphatic hydroxyl groups is 5. The number of nitrogens with one attached hydrogen (secondary N) is 3. The van der Waals surface area contributed by atoms with Gasteiger partial charge in [-0.15, -0.1) is 0 Å². The normalized spacial score (nSPS) is 14.1. The maximum Gasteiger partial charge on any atom is 0.294 e. The van der Waals surface area contributed by atoms with Crippen molar-refractivity contribution >= 4 is 66.6 Å². The van der Waals surface area contributed by atoms with Crippen LogP contribution in [0.15, 0.2) is 143 Å². The second-order valence-corrected chi connectivity index (χ2v) is 18.9. The molecule has 354 valence electrons. The van der Waals surface area contributed by atoms with E-state index in [0.29, 0.717) is 44.7 Å². The van der Waals surface area contributed by atoms with Crippen molar-refractivity contribution in [2.75, 3.05) is 20.2 Å². The summed E-state index contributed by atoms with van der Waals surface area (Å²) < 4.78 is 67.4. The van der Waals surface area contributed by atoms with E-state index >= 15 is 0 Å². The van der Waals surface area contributed by atoms with Crippen LogP contribution in [0.5, 0.6) is 0 Å². The van der Waals surface area contributed by atoms with E-state index in [4.69, 9.17) is 30.4 Å². The third kappa shape index (κ3) is 10.6. The Morgan fingerprint density at radius 2 is 0.768 bits per heavy atom. The fourth-order valence-electron chi connectivity index (χ4n) is 8.11.